The van der Waals surface area contributed by atoms with Crippen LogP contribution in [-0.4, -0.2) is 23.2 Å². The molecule has 2 aliphatic carbocycles. The van der Waals surface area contributed by atoms with E-state index in [1.165, 1.54) is 5.56 Å². The van der Waals surface area contributed by atoms with Crippen molar-refractivity contribution in [3.8, 4) is 0 Å². The molecule has 2 N–H and O–H groups in total. The fraction of sp³-hybridized carbons (Fsp3) is 0.632. The van der Waals surface area contributed by atoms with E-state index in [-0.39, 0.29) is 11.7 Å². The van der Waals surface area contributed by atoms with E-state index < -0.39 is 5.97 Å². The predicted octanol–water partition coefficient (Wildman–Crippen LogP) is 4.08. The number of nitrogens with one attached hydrogen (secondary N) is 1. The van der Waals surface area contributed by atoms with Gasteiger partial charge in [-0.05, 0) is 75.0 Å². The first-order valence-electron chi connectivity index (χ1n) is 8.86. The molecule has 0 unspecified atom stereocenters. The summed E-state index contributed by atoms with van der Waals surface area (Å²) in [7, 11) is 0. The Hall–Kier alpha value is -1.42. The van der Waals surface area contributed by atoms with Crippen molar-refractivity contribution in [3.63, 3.8) is 0 Å². The highest BCUT2D eigenvalue weighted by Crippen LogP contribution is 2.34. The number of aliphatic carboxylic acids is 1. The van der Waals surface area contributed by atoms with Crippen molar-refractivity contribution in [1.29, 1.82) is 0 Å². The Morgan fingerprint density at radius 1 is 0.913 bits per heavy atom. The Bertz CT molecular complexity index is 515. The molecule has 23 heavy (non-hydrogen) atoms. The van der Waals surface area contributed by atoms with Crippen LogP contribution in [-0.2, 0) is 4.79 Å². The molecule has 0 amide bonds. The Balaban J connectivity index is 1.43. The van der Waals surface area contributed by atoms with Crippen LogP contribution in [0.25, 0.3) is 0 Å². The molecule has 0 bridgehead atoms. The number of hydrogen-bond acceptors (Lipinski definition) is 2. The summed E-state index contributed by atoms with van der Waals surface area (Å²) < 4.78 is 13.0. The molecular formula is C19H26FNO2. The predicted molar refractivity (Wildman–Crippen MR) is 87.9 cm³/mol. The van der Waals surface area contributed by atoms with E-state index in [1.807, 2.05) is 12.1 Å². The number of benzene rings is 1. The number of rotatable bonds is 4. The van der Waals surface area contributed by atoms with Gasteiger partial charge in [0.25, 0.3) is 0 Å². The Morgan fingerprint density at radius 2 is 1.43 bits per heavy atom. The highest BCUT2D eigenvalue weighted by Gasteiger charge is 2.29. The molecule has 0 atom stereocenters. The first-order chi connectivity index (χ1) is 11.1. The molecule has 4 heteroatoms. The minimum atomic E-state index is -0.636. The first kappa shape index (κ1) is 16.4. The van der Waals surface area contributed by atoms with E-state index >= 15 is 0 Å². The zero-order valence-corrected chi connectivity index (χ0v) is 13.5. The summed E-state index contributed by atoms with van der Waals surface area (Å²) in [5, 5.41) is 12.8. The standard InChI is InChI=1S/C19H26FNO2/c20-16-7-1-13(2-8-16)14-3-9-17(10-4-14)21-18-11-5-15(6-12-18)19(22)23/h1-2,7-8,14-15,17-18,21H,3-6,9-12H2,(H,22,23). The van der Waals surface area contributed by atoms with Crippen molar-refractivity contribution in [2.24, 2.45) is 5.92 Å². The molecule has 3 rings (SSSR count). The number of carboxylic acids is 1. The Kier molecular flexibility index (Phi) is 5.31. The summed E-state index contributed by atoms with van der Waals surface area (Å²) in [5.41, 5.74) is 1.26. The second kappa shape index (κ2) is 7.43. The molecule has 3 nitrogen and oxygen atoms in total. The maximum Gasteiger partial charge on any atom is 0.306 e. The third-order valence-electron chi connectivity index (χ3n) is 5.62. The zero-order valence-electron chi connectivity index (χ0n) is 13.5. The molecule has 2 aliphatic rings. The van der Waals surface area contributed by atoms with Crippen LogP contribution >= 0.6 is 0 Å². The number of halogens is 1. The number of carbonyl (C=O) groups is 1. The van der Waals surface area contributed by atoms with Crippen molar-refractivity contribution in [1.82, 2.24) is 5.32 Å². The number of carboxylic acid groups (broad SMARTS) is 1. The quantitative estimate of drug-likeness (QED) is 0.879. The lowest BCUT2D eigenvalue weighted by atomic mass is 9.80. The van der Waals surface area contributed by atoms with E-state index in [2.05, 4.69) is 5.32 Å². The zero-order chi connectivity index (χ0) is 16.2. The van der Waals surface area contributed by atoms with Gasteiger partial charge < -0.3 is 10.4 Å². The molecule has 0 spiro atoms. The van der Waals surface area contributed by atoms with Crippen LogP contribution in [0.4, 0.5) is 4.39 Å². The second-order valence-electron chi connectivity index (χ2n) is 7.15. The fourth-order valence-electron chi connectivity index (χ4n) is 4.17. The summed E-state index contributed by atoms with van der Waals surface area (Å²) in [4.78, 5) is 11.0. The van der Waals surface area contributed by atoms with Gasteiger partial charge in [0.15, 0.2) is 0 Å². The number of hydrogen-bond donors (Lipinski definition) is 2. The molecular weight excluding hydrogens is 293 g/mol. The summed E-state index contributed by atoms with van der Waals surface area (Å²) in [6.07, 6.45) is 8.17. The molecule has 0 aliphatic heterocycles. The van der Waals surface area contributed by atoms with Crippen LogP contribution in [0, 0.1) is 11.7 Å². The normalized spacial score (nSPS) is 31.7. The maximum absolute atomic E-state index is 13.0. The van der Waals surface area contributed by atoms with Gasteiger partial charge in [-0.3, -0.25) is 4.79 Å². The molecule has 0 aromatic heterocycles. The highest BCUT2D eigenvalue weighted by molar-refractivity contribution is 5.70. The van der Waals surface area contributed by atoms with Gasteiger partial charge in [0.05, 0.1) is 5.92 Å². The first-order valence-corrected chi connectivity index (χ1v) is 8.86. The fourth-order valence-corrected chi connectivity index (χ4v) is 4.17. The second-order valence-corrected chi connectivity index (χ2v) is 7.15. The van der Waals surface area contributed by atoms with Crippen LogP contribution in [0.5, 0.6) is 0 Å². The van der Waals surface area contributed by atoms with E-state index in [0.29, 0.717) is 18.0 Å². The minimum Gasteiger partial charge on any atom is -0.481 e. The third kappa shape index (κ3) is 4.31. The molecule has 2 saturated carbocycles. The SMILES string of the molecule is O=C(O)C1CCC(NC2CCC(c3ccc(F)cc3)CC2)CC1. The average molecular weight is 319 g/mol. The molecule has 1 aromatic rings. The van der Waals surface area contributed by atoms with Crippen molar-refractivity contribution in [3.05, 3.63) is 35.6 Å². The van der Waals surface area contributed by atoms with Gasteiger partial charge in [0.2, 0.25) is 0 Å². The van der Waals surface area contributed by atoms with Crippen molar-refractivity contribution in [2.75, 3.05) is 0 Å². The van der Waals surface area contributed by atoms with Gasteiger partial charge in [0.1, 0.15) is 5.82 Å². The largest absolute Gasteiger partial charge is 0.481 e. The monoisotopic (exact) mass is 319 g/mol. The molecule has 0 saturated heterocycles. The minimum absolute atomic E-state index is 0.137. The van der Waals surface area contributed by atoms with Gasteiger partial charge in [-0.2, -0.15) is 0 Å². The molecule has 1 aromatic carbocycles. The molecule has 126 valence electrons. The molecule has 0 radical (unpaired) electrons. The van der Waals surface area contributed by atoms with Gasteiger partial charge in [0, 0.05) is 12.1 Å². The third-order valence-corrected chi connectivity index (χ3v) is 5.62. The summed E-state index contributed by atoms with van der Waals surface area (Å²) in [5.74, 6) is -0.386. The molecule has 2 fully saturated rings. The van der Waals surface area contributed by atoms with E-state index in [4.69, 9.17) is 5.11 Å². The smallest absolute Gasteiger partial charge is 0.306 e. The van der Waals surface area contributed by atoms with Gasteiger partial charge >= 0.3 is 5.97 Å². The van der Waals surface area contributed by atoms with Crippen molar-refractivity contribution >= 4 is 5.97 Å². The van der Waals surface area contributed by atoms with Crippen LogP contribution in [0.1, 0.15) is 62.8 Å². The van der Waals surface area contributed by atoms with Gasteiger partial charge in [-0.15, -0.1) is 0 Å². The lowest BCUT2D eigenvalue weighted by molar-refractivity contribution is -0.142. The van der Waals surface area contributed by atoms with Gasteiger partial charge in [-0.25, -0.2) is 4.39 Å². The average Bonchev–Trinajstić information content (AvgIpc) is 2.57. The van der Waals surface area contributed by atoms with E-state index in [1.54, 1.807) is 12.1 Å². The van der Waals surface area contributed by atoms with Crippen molar-refractivity contribution in [2.45, 2.75) is 69.4 Å². The van der Waals surface area contributed by atoms with Crippen LogP contribution in [0.15, 0.2) is 24.3 Å². The van der Waals surface area contributed by atoms with Crippen LogP contribution in [0.2, 0.25) is 0 Å². The van der Waals surface area contributed by atoms with Crippen LogP contribution in [0.3, 0.4) is 0 Å². The highest BCUT2D eigenvalue weighted by atomic mass is 19.1. The lowest BCUT2D eigenvalue weighted by Gasteiger charge is -2.34. The summed E-state index contributed by atoms with van der Waals surface area (Å²) in [6.45, 7) is 0. The van der Waals surface area contributed by atoms with E-state index in [9.17, 15) is 9.18 Å². The molecule has 0 heterocycles. The Labute approximate surface area is 137 Å². The van der Waals surface area contributed by atoms with Crippen molar-refractivity contribution < 1.29 is 14.3 Å². The van der Waals surface area contributed by atoms with Gasteiger partial charge in [-0.1, -0.05) is 12.1 Å². The van der Waals surface area contributed by atoms with E-state index in [0.717, 1.165) is 51.4 Å². The topological polar surface area (TPSA) is 49.3 Å². The maximum atomic E-state index is 13.0. The summed E-state index contributed by atoms with van der Waals surface area (Å²) in [6, 6.07) is 7.99. The lowest BCUT2D eigenvalue weighted by Crippen LogP contribution is -2.42. The summed E-state index contributed by atoms with van der Waals surface area (Å²) >= 11 is 0. The van der Waals surface area contributed by atoms with Crippen LogP contribution < -0.4 is 5.32 Å². The Morgan fingerprint density at radius 3 is 1.96 bits per heavy atom.